The highest BCUT2D eigenvalue weighted by atomic mass is 16.5. The monoisotopic (exact) mass is 346 g/mol. The van der Waals surface area contributed by atoms with Crippen molar-refractivity contribution < 1.29 is 9.53 Å². The summed E-state index contributed by atoms with van der Waals surface area (Å²) >= 11 is 0. The lowest BCUT2D eigenvalue weighted by molar-refractivity contribution is -0.131. The zero-order chi connectivity index (χ0) is 18.2. The molecule has 1 aromatic carbocycles. The Morgan fingerprint density at radius 1 is 1.24 bits per heavy atom. The largest absolute Gasteiger partial charge is 0.490 e. The van der Waals surface area contributed by atoms with Gasteiger partial charge in [-0.15, -0.1) is 0 Å². The van der Waals surface area contributed by atoms with Crippen LogP contribution in [0.3, 0.4) is 0 Å². The lowest BCUT2D eigenvalue weighted by atomic mass is 9.90. The summed E-state index contributed by atoms with van der Waals surface area (Å²) in [5.41, 5.74) is 6.97. The van der Waals surface area contributed by atoms with E-state index in [2.05, 4.69) is 13.8 Å². The first kappa shape index (κ1) is 19.8. The Bertz CT molecular complexity index is 538. The number of hydrogen-bond donors (Lipinski definition) is 1. The van der Waals surface area contributed by atoms with Crippen LogP contribution in [0.2, 0.25) is 0 Å². The van der Waals surface area contributed by atoms with Gasteiger partial charge >= 0.3 is 0 Å². The van der Waals surface area contributed by atoms with Crippen molar-refractivity contribution in [2.24, 2.45) is 5.73 Å². The maximum absolute atomic E-state index is 12.8. The predicted molar refractivity (Wildman–Crippen MR) is 103 cm³/mol. The van der Waals surface area contributed by atoms with E-state index < -0.39 is 0 Å². The number of para-hydroxylation sites is 1. The van der Waals surface area contributed by atoms with Crippen molar-refractivity contribution in [1.82, 2.24) is 4.90 Å². The highest BCUT2D eigenvalue weighted by molar-refractivity contribution is 5.79. The van der Waals surface area contributed by atoms with Gasteiger partial charge in [0.25, 0.3) is 0 Å². The first-order valence-electron chi connectivity index (χ1n) is 9.80. The van der Waals surface area contributed by atoms with Crippen LogP contribution in [0, 0.1) is 0 Å². The van der Waals surface area contributed by atoms with E-state index in [1.165, 1.54) is 0 Å². The van der Waals surface area contributed by atoms with Gasteiger partial charge in [0.1, 0.15) is 5.75 Å². The Morgan fingerprint density at radius 2 is 1.92 bits per heavy atom. The van der Waals surface area contributed by atoms with Gasteiger partial charge in [-0.1, -0.05) is 38.5 Å². The van der Waals surface area contributed by atoms with Crippen molar-refractivity contribution in [3.8, 4) is 5.75 Å². The molecule has 4 nitrogen and oxygen atoms in total. The van der Waals surface area contributed by atoms with Gasteiger partial charge in [-0.25, -0.2) is 0 Å². The molecule has 1 amide bonds. The van der Waals surface area contributed by atoms with Crippen LogP contribution in [0.5, 0.6) is 5.75 Å². The van der Waals surface area contributed by atoms with Crippen LogP contribution in [0.1, 0.15) is 64.4 Å². The summed E-state index contributed by atoms with van der Waals surface area (Å²) in [5, 5.41) is 0. The van der Waals surface area contributed by atoms with Crippen molar-refractivity contribution in [2.75, 3.05) is 7.05 Å². The van der Waals surface area contributed by atoms with Gasteiger partial charge in [0.05, 0.1) is 12.5 Å². The number of carbonyl (C=O) groups excluding carboxylic acids is 1. The van der Waals surface area contributed by atoms with Crippen molar-refractivity contribution >= 4 is 5.91 Å². The second-order valence-corrected chi connectivity index (χ2v) is 7.29. The molecular formula is C21H34N2O2. The maximum Gasteiger partial charge on any atom is 0.227 e. The molecule has 140 valence electrons. The molecule has 2 N–H and O–H groups in total. The zero-order valence-corrected chi connectivity index (χ0v) is 16.0. The third-order valence-electron chi connectivity index (χ3n) is 5.36. The molecular weight excluding hydrogens is 312 g/mol. The van der Waals surface area contributed by atoms with E-state index >= 15 is 0 Å². The van der Waals surface area contributed by atoms with Crippen LogP contribution < -0.4 is 10.5 Å². The van der Waals surface area contributed by atoms with Crippen molar-refractivity contribution in [3.05, 3.63) is 29.8 Å². The third kappa shape index (κ3) is 5.74. The normalized spacial score (nSPS) is 21.6. The molecule has 0 saturated heterocycles. The first-order valence-corrected chi connectivity index (χ1v) is 9.80. The highest BCUT2D eigenvalue weighted by Gasteiger charge is 2.25. The molecule has 0 aliphatic heterocycles. The van der Waals surface area contributed by atoms with Gasteiger partial charge in [-0.05, 0) is 44.6 Å². The first-order chi connectivity index (χ1) is 12.0. The second-order valence-electron chi connectivity index (χ2n) is 7.29. The minimum atomic E-state index is 0.167. The van der Waals surface area contributed by atoms with Crippen molar-refractivity contribution in [1.29, 1.82) is 0 Å². The summed E-state index contributed by atoms with van der Waals surface area (Å²) < 4.78 is 6.19. The molecule has 1 fully saturated rings. The van der Waals surface area contributed by atoms with E-state index in [1.54, 1.807) is 0 Å². The Hall–Kier alpha value is -1.55. The smallest absolute Gasteiger partial charge is 0.227 e. The van der Waals surface area contributed by atoms with Crippen molar-refractivity contribution in [2.45, 2.75) is 83.4 Å². The summed E-state index contributed by atoms with van der Waals surface area (Å²) in [6.45, 7) is 4.32. The van der Waals surface area contributed by atoms with E-state index in [4.69, 9.17) is 10.5 Å². The summed E-state index contributed by atoms with van der Waals surface area (Å²) in [7, 11) is 1.93. The van der Waals surface area contributed by atoms with E-state index in [1.807, 2.05) is 36.2 Å². The number of hydrogen-bond acceptors (Lipinski definition) is 3. The standard InChI is InChI=1S/C21H34N2O2/c1-4-8-19(5-2)25-20-10-7-6-9-16(20)15-21(24)23(3)18-13-11-17(22)12-14-18/h6-7,9-10,17-19H,4-5,8,11-15,22H2,1-3H3. The average molecular weight is 347 g/mol. The molecule has 0 aromatic heterocycles. The topological polar surface area (TPSA) is 55.6 Å². The van der Waals surface area contributed by atoms with Gasteiger partial charge in [-0.2, -0.15) is 0 Å². The van der Waals surface area contributed by atoms with E-state index in [0.29, 0.717) is 18.5 Å². The van der Waals surface area contributed by atoms with Gasteiger partial charge < -0.3 is 15.4 Å². The van der Waals surface area contributed by atoms with Gasteiger partial charge in [0.15, 0.2) is 0 Å². The van der Waals surface area contributed by atoms with Gasteiger partial charge in [0, 0.05) is 24.7 Å². The van der Waals surface area contributed by atoms with Crippen molar-refractivity contribution in [3.63, 3.8) is 0 Å². The fourth-order valence-corrected chi connectivity index (χ4v) is 3.59. The summed E-state index contributed by atoms with van der Waals surface area (Å²) in [6, 6.07) is 8.59. The predicted octanol–water partition coefficient (Wildman–Crippen LogP) is 3.91. The van der Waals surface area contributed by atoms with Crippen LogP contribution in [0.4, 0.5) is 0 Å². The SMILES string of the molecule is CCCC(CC)Oc1ccccc1CC(=O)N(C)C1CCC(N)CC1. The number of nitrogens with two attached hydrogens (primary N) is 1. The minimum Gasteiger partial charge on any atom is -0.490 e. The Labute approximate surface area is 152 Å². The number of ether oxygens (including phenoxy) is 1. The molecule has 0 heterocycles. The molecule has 1 saturated carbocycles. The lowest BCUT2D eigenvalue weighted by Gasteiger charge is -2.33. The van der Waals surface area contributed by atoms with Gasteiger partial charge in [-0.3, -0.25) is 4.79 Å². The fraction of sp³-hybridized carbons (Fsp3) is 0.667. The fourth-order valence-electron chi connectivity index (χ4n) is 3.59. The molecule has 1 aliphatic carbocycles. The van der Waals surface area contributed by atoms with Gasteiger partial charge in [0.2, 0.25) is 5.91 Å². The molecule has 4 heteroatoms. The Morgan fingerprint density at radius 3 is 2.56 bits per heavy atom. The number of amides is 1. The lowest BCUT2D eigenvalue weighted by Crippen LogP contribution is -2.42. The number of rotatable bonds is 8. The molecule has 0 radical (unpaired) electrons. The van der Waals surface area contributed by atoms with E-state index in [9.17, 15) is 4.79 Å². The molecule has 2 rings (SSSR count). The molecule has 25 heavy (non-hydrogen) atoms. The zero-order valence-electron chi connectivity index (χ0n) is 16.0. The molecule has 1 unspecified atom stereocenters. The Kier molecular flexibility index (Phi) is 7.76. The number of benzene rings is 1. The highest BCUT2D eigenvalue weighted by Crippen LogP contribution is 2.25. The van der Waals surface area contributed by atoms with E-state index in [0.717, 1.165) is 56.3 Å². The van der Waals surface area contributed by atoms with Crippen LogP contribution in [0.25, 0.3) is 0 Å². The van der Waals surface area contributed by atoms with Crippen LogP contribution in [0.15, 0.2) is 24.3 Å². The summed E-state index contributed by atoms with van der Waals surface area (Å²) in [5.74, 6) is 1.02. The Balaban J connectivity index is 2.00. The maximum atomic E-state index is 12.8. The minimum absolute atomic E-state index is 0.167. The summed E-state index contributed by atoms with van der Waals surface area (Å²) in [6.07, 6.45) is 7.79. The third-order valence-corrected chi connectivity index (χ3v) is 5.36. The number of likely N-dealkylation sites (N-methyl/N-ethyl adjacent to an activating group) is 1. The van der Waals surface area contributed by atoms with Crippen LogP contribution in [-0.4, -0.2) is 36.0 Å². The van der Waals surface area contributed by atoms with E-state index in [-0.39, 0.29) is 12.0 Å². The summed E-state index contributed by atoms with van der Waals surface area (Å²) in [4.78, 5) is 14.7. The molecule has 1 aliphatic rings. The number of carbonyl (C=O) groups is 1. The number of nitrogens with zero attached hydrogens (tertiary/aromatic N) is 1. The second kappa shape index (κ2) is 9.81. The van der Waals surface area contributed by atoms with Crippen LogP contribution >= 0.6 is 0 Å². The molecule has 0 bridgehead atoms. The molecule has 1 aromatic rings. The van der Waals surface area contributed by atoms with Crippen LogP contribution in [-0.2, 0) is 11.2 Å². The molecule has 0 spiro atoms. The average Bonchev–Trinajstić information content (AvgIpc) is 2.62. The quantitative estimate of drug-likeness (QED) is 0.776. The molecule has 1 atom stereocenters.